The van der Waals surface area contributed by atoms with Crippen molar-refractivity contribution in [1.82, 2.24) is 30.2 Å². The SMILES string of the molecule is C=C1CC2=C(C(=O)N1)C(CC(C)C)C(C(=O)OCC)=C(C)C2.C=C1N(C)C(=O)C2=C(CC(C)=C(C(=O)OCC)C2CC)N1C.C=C1N(C)C(=O)C2=C(NC(C)=C(C(=O)OCC)C2c2cc(OC)c(O)c(OC)c2)N1C. The maximum atomic E-state index is 13.4. The molecule has 3 N–H and O–H groups in total. The van der Waals surface area contributed by atoms with Crippen LogP contribution in [0, 0.1) is 17.8 Å². The maximum Gasteiger partial charge on any atom is 0.336 e. The third-order valence-electron chi connectivity index (χ3n) is 14.2. The largest absolute Gasteiger partial charge is 0.502 e. The van der Waals surface area contributed by atoms with Crippen LogP contribution in [0.25, 0.3) is 0 Å². The molecule has 406 valence electrons. The molecule has 3 atom stereocenters. The summed E-state index contributed by atoms with van der Waals surface area (Å²) >= 11 is 0. The molecule has 0 saturated carbocycles. The van der Waals surface area contributed by atoms with Gasteiger partial charge in [0, 0.05) is 92.3 Å². The molecular formula is C57H76N6O12. The van der Waals surface area contributed by atoms with E-state index < -0.39 is 11.9 Å². The number of esters is 3. The first kappa shape index (κ1) is 58.4. The molecule has 3 unspecified atom stereocenters. The highest BCUT2D eigenvalue weighted by molar-refractivity contribution is 6.04. The first-order valence-electron chi connectivity index (χ1n) is 25.3. The first-order chi connectivity index (χ1) is 35.4. The summed E-state index contributed by atoms with van der Waals surface area (Å²) in [4.78, 5) is 82.9. The Morgan fingerprint density at radius 1 is 0.667 bits per heavy atom. The summed E-state index contributed by atoms with van der Waals surface area (Å²) in [5.41, 5.74) is 9.28. The van der Waals surface area contributed by atoms with Gasteiger partial charge in [-0.25, -0.2) is 14.4 Å². The third-order valence-corrected chi connectivity index (χ3v) is 14.2. The molecule has 0 radical (unpaired) electrons. The molecule has 75 heavy (non-hydrogen) atoms. The van der Waals surface area contributed by atoms with Crippen molar-refractivity contribution in [3.8, 4) is 17.2 Å². The Labute approximate surface area is 441 Å². The highest BCUT2D eigenvalue weighted by Crippen LogP contribution is 2.48. The Hall–Kier alpha value is -7.50. The zero-order valence-electron chi connectivity index (χ0n) is 46.5. The molecule has 0 fully saturated rings. The van der Waals surface area contributed by atoms with Crippen molar-refractivity contribution in [2.75, 3.05) is 62.2 Å². The summed E-state index contributed by atoms with van der Waals surface area (Å²) in [7, 11) is 9.86. The smallest absolute Gasteiger partial charge is 0.336 e. The average molecular weight is 1040 g/mol. The number of methoxy groups -OCH3 is 2. The van der Waals surface area contributed by atoms with Gasteiger partial charge in [0.1, 0.15) is 17.5 Å². The second-order valence-corrected chi connectivity index (χ2v) is 19.5. The van der Waals surface area contributed by atoms with Gasteiger partial charge in [-0.15, -0.1) is 0 Å². The highest BCUT2D eigenvalue weighted by Gasteiger charge is 2.45. The Morgan fingerprint density at radius 3 is 1.64 bits per heavy atom. The van der Waals surface area contributed by atoms with Gasteiger partial charge in [0.2, 0.25) is 5.75 Å². The zero-order valence-corrected chi connectivity index (χ0v) is 46.5. The van der Waals surface area contributed by atoms with E-state index in [0.717, 1.165) is 40.1 Å². The Morgan fingerprint density at radius 2 is 1.15 bits per heavy atom. The van der Waals surface area contributed by atoms with Crippen molar-refractivity contribution in [3.63, 3.8) is 0 Å². The third kappa shape index (κ3) is 11.4. The van der Waals surface area contributed by atoms with Gasteiger partial charge in [0.15, 0.2) is 11.5 Å². The lowest BCUT2D eigenvalue weighted by Crippen LogP contribution is -2.48. The van der Waals surface area contributed by atoms with Crippen molar-refractivity contribution < 1.29 is 57.6 Å². The predicted molar refractivity (Wildman–Crippen MR) is 283 cm³/mol. The number of phenolic OH excluding ortho intramolecular Hbond substituents is 1. The number of carbonyl (C=O) groups excluding carboxylic acids is 6. The van der Waals surface area contributed by atoms with Crippen LogP contribution in [0.5, 0.6) is 17.2 Å². The Kier molecular flexibility index (Phi) is 18.9. The zero-order chi connectivity index (χ0) is 56.1. The quantitative estimate of drug-likeness (QED) is 0.135. The molecule has 18 heteroatoms. The van der Waals surface area contributed by atoms with Crippen LogP contribution < -0.4 is 20.1 Å². The topological polar surface area (TPSA) is 206 Å². The van der Waals surface area contributed by atoms with Crippen LogP contribution in [-0.2, 0) is 43.0 Å². The van der Waals surface area contributed by atoms with Crippen LogP contribution in [0.1, 0.15) is 106 Å². The van der Waals surface area contributed by atoms with E-state index in [9.17, 15) is 33.9 Å². The fraction of sp³-hybridized carbons (Fsp3) is 0.474. The monoisotopic (exact) mass is 1040 g/mol. The lowest BCUT2D eigenvalue weighted by Gasteiger charge is -2.42. The molecule has 0 bridgehead atoms. The number of phenols is 1. The number of allylic oxidation sites excluding steroid dienone is 4. The molecule has 1 aromatic rings. The molecule has 0 spiro atoms. The summed E-state index contributed by atoms with van der Waals surface area (Å²) in [5.74, 6) is -0.595. The molecule has 0 aromatic heterocycles. The van der Waals surface area contributed by atoms with Crippen LogP contribution in [-0.4, -0.2) is 123 Å². The summed E-state index contributed by atoms with van der Waals surface area (Å²) in [5, 5.41) is 16.3. The van der Waals surface area contributed by atoms with Crippen molar-refractivity contribution in [3.05, 3.63) is 122 Å². The van der Waals surface area contributed by atoms with Gasteiger partial charge in [-0.2, -0.15) is 0 Å². The lowest BCUT2D eigenvalue weighted by molar-refractivity contribution is -0.140. The molecule has 4 aliphatic heterocycles. The number of aromatic hydroxyl groups is 1. The van der Waals surface area contributed by atoms with Gasteiger partial charge in [-0.3, -0.25) is 24.2 Å². The molecule has 18 nitrogen and oxygen atoms in total. The van der Waals surface area contributed by atoms with Gasteiger partial charge in [0.25, 0.3) is 17.7 Å². The van der Waals surface area contributed by atoms with Crippen molar-refractivity contribution >= 4 is 35.6 Å². The summed E-state index contributed by atoms with van der Waals surface area (Å²) < 4.78 is 26.3. The van der Waals surface area contributed by atoms with E-state index in [-0.39, 0.29) is 70.9 Å². The summed E-state index contributed by atoms with van der Waals surface area (Å²) in [6.45, 7) is 29.8. The molecule has 1 aromatic carbocycles. The van der Waals surface area contributed by atoms with Crippen molar-refractivity contribution in [2.24, 2.45) is 17.8 Å². The van der Waals surface area contributed by atoms with E-state index >= 15 is 0 Å². The minimum Gasteiger partial charge on any atom is -0.502 e. The second kappa shape index (κ2) is 24.2. The van der Waals surface area contributed by atoms with E-state index in [1.54, 1.807) is 70.8 Å². The number of likely N-dealkylation sites (N-methyl/N-ethyl adjacent to an activating group) is 2. The maximum absolute atomic E-state index is 13.4. The average Bonchev–Trinajstić information content (AvgIpc) is 3.35. The molecule has 4 heterocycles. The number of nitrogens with zero attached hydrogens (tertiary/aromatic N) is 4. The number of benzene rings is 1. The fourth-order valence-electron chi connectivity index (χ4n) is 10.6. The molecule has 7 rings (SSSR count). The normalized spacial score (nSPS) is 20.7. The van der Waals surface area contributed by atoms with E-state index in [0.29, 0.717) is 95.8 Å². The molecule has 2 aliphatic carbocycles. The van der Waals surface area contributed by atoms with E-state index in [1.165, 1.54) is 19.1 Å². The summed E-state index contributed by atoms with van der Waals surface area (Å²) in [6.07, 6.45) is 3.37. The second-order valence-electron chi connectivity index (χ2n) is 19.5. The van der Waals surface area contributed by atoms with Gasteiger partial charge in [-0.1, -0.05) is 57.2 Å². The van der Waals surface area contributed by atoms with Gasteiger partial charge in [-0.05, 0) is 84.4 Å². The van der Waals surface area contributed by atoms with Crippen LogP contribution >= 0.6 is 0 Å². The molecular weight excluding hydrogens is 961 g/mol. The standard InChI is InChI=1S/C22H27N3O6.C18H25NO3.C17H24N2O3/c1-8-31-22(28)16-11(2)23-20-18(21(27)25(5)12(3)24(20)4)17(16)13-9-14(29-6)19(26)15(10-13)30-7;1-6-22-18(21)15-11(4)8-13-9-12(5)19-17(20)16(13)14(15)7-10(2)3;1-7-12-14(17(21)22-8-2)10(3)9-13-15(12)16(20)19(6)11(4)18(13)5/h9-10,17,23,26H,3,8H2,1-2,4-7H3;10,14H,5-9H2,1-4H3,(H,19,20);12H,4,7-9H2,1-3,5-6H3. The van der Waals surface area contributed by atoms with Gasteiger partial charge < -0.3 is 49.2 Å². The van der Waals surface area contributed by atoms with E-state index in [1.807, 2.05) is 32.7 Å². The van der Waals surface area contributed by atoms with Gasteiger partial charge >= 0.3 is 17.9 Å². The predicted octanol–water partition coefficient (Wildman–Crippen LogP) is 7.71. The molecule has 3 amide bonds. The van der Waals surface area contributed by atoms with Crippen molar-refractivity contribution in [2.45, 2.75) is 100 Å². The summed E-state index contributed by atoms with van der Waals surface area (Å²) in [6, 6.07) is 3.17. The molecule has 0 saturated heterocycles. The minimum absolute atomic E-state index is 0.0701. The Bertz CT molecular complexity index is 2760. The first-order valence-corrected chi connectivity index (χ1v) is 25.3. The fourth-order valence-corrected chi connectivity index (χ4v) is 10.6. The van der Waals surface area contributed by atoms with Gasteiger partial charge in [0.05, 0.1) is 51.1 Å². The highest BCUT2D eigenvalue weighted by atomic mass is 16.5. The number of carbonyl (C=O) groups is 6. The number of hydrogen-bond acceptors (Lipinski definition) is 15. The number of rotatable bonds is 12. The number of ether oxygens (including phenoxy) is 5. The lowest BCUT2D eigenvalue weighted by atomic mass is 9.72. The Balaban J connectivity index is 0.000000213. The van der Waals surface area contributed by atoms with E-state index in [2.05, 4.69) is 44.2 Å². The van der Waals surface area contributed by atoms with Crippen LogP contribution in [0.2, 0.25) is 0 Å². The van der Waals surface area contributed by atoms with Crippen LogP contribution in [0.15, 0.2) is 117 Å². The number of nitrogens with one attached hydrogen (secondary N) is 2. The number of dihydropyridines is 1. The number of amides is 3. The van der Waals surface area contributed by atoms with Crippen LogP contribution in [0.3, 0.4) is 0 Å². The van der Waals surface area contributed by atoms with E-state index in [4.69, 9.17) is 23.7 Å². The van der Waals surface area contributed by atoms with Crippen molar-refractivity contribution in [1.29, 1.82) is 0 Å². The minimum atomic E-state index is -0.788. The molecule has 6 aliphatic rings. The number of hydrogen-bond donors (Lipinski definition) is 3. The van der Waals surface area contributed by atoms with Crippen LogP contribution in [0.4, 0.5) is 0 Å².